The smallest absolute Gasteiger partial charge is 0.309 e. The highest BCUT2D eigenvalue weighted by molar-refractivity contribution is 5.75. The van der Waals surface area contributed by atoms with Gasteiger partial charge in [0.2, 0.25) is 0 Å². The summed E-state index contributed by atoms with van der Waals surface area (Å²) in [7, 11) is 0. The number of hydrogen-bond donors (Lipinski definition) is 0. The molecular weight excluding hydrogens is 228 g/mol. The zero-order valence-corrected chi connectivity index (χ0v) is 11.4. The molecule has 3 aliphatic rings. The molecule has 2 saturated heterocycles. The summed E-state index contributed by atoms with van der Waals surface area (Å²) < 4.78 is 11.5. The topological polar surface area (TPSA) is 38.8 Å². The first-order chi connectivity index (χ1) is 8.51. The van der Waals surface area contributed by atoms with Crippen molar-refractivity contribution in [3.63, 3.8) is 0 Å². The van der Waals surface area contributed by atoms with Crippen molar-refractivity contribution in [3.8, 4) is 0 Å². The Balaban J connectivity index is 1.87. The van der Waals surface area contributed by atoms with Gasteiger partial charge in [-0.25, -0.2) is 0 Å². The molecule has 0 aromatic rings. The van der Waals surface area contributed by atoms with Gasteiger partial charge in [0.05, 0.1) is 11.5 Å². The van der Waals surface area contributed by atoms with Gasteiger partial charge in [0.15, 0.2) is 0 Å². The highest BCUT2D eigenvalue weighted by atomic mass is 16.6. The summed E-state index contributed by atoms with van der Waals surface area (Å²) in [5.41, 5.74) is 1.34. The summed E-state index contributed by atoms with van der Waals surface area (Å²) in [5, 5.41) is 0. The summed E-state index contributed by atoms with van der Waals surface area (Å²) in [5.74, 6) is 0.250. The van der Waals surface area contributed by atoms with Crippen molar-refractivity contribution in [2.75, 3.05) is 0 Å². The fourth-order valence-electron chi connectivity index (χ4n) is 3.50. The standard InChI is InChI=1S/C15H22O3/c1-9-6-4-5-7-15(3)13(18-15)12-11(8-9)10(2)14(16)17-12/h6,10-13H,4-5,7-8H2,1-3H3. The van der Waals surface area contributed by atoms with E-state index < -0.39 is 0 Å². The Bertz CT molecular complexity index is 401. The minimum Gasteiger partial charge on any atom is -0.459 e. The minimum atomic E-state index is -0.0493. The second kappa shape index (κ2) is 4.09. The molecule has 5 unspecified atom stereocenters. The Morgan fingerprint density at radius 3 is 3.00 bits per heavy atom. The van der Waals surface area contributed by atoms with Crippen molar-refractivity contribution in [1.82, 2.24) is 0 Å². The third-order valence-corrected chi connectivity index (χ3v) is 4.86. The van der Waals surface area contributed by atoms with Gasteiger partial charge in [0.1, 0.15) is 12.2 Å². The molecule has 0 N–H and O–H groups in total. The molecule has 0 aromatic carbocycles. The molecule has 0 bridgehead atoms. The number of esters is 1. The quantitative estimate of drug-likeness (QED) is 0.377. The van der Waals surface area contributed by atoms with Crippen LogP contribution in [-0.2, 0) is 14.3 Å². The lowest BCUT2D eigenvalue weighted by molar-refractivity contribution is -0.144. The van der Waals surface area contributed by atoms with E-state index in [1.54, 1.807) is 0 Å². The van der Waals surface area contributed by atoms with Crippen LogP contribution in [0.2, 0.25) is 0 Å². The van der Waals surface area contributed by atoms with E-state index in [0.717, 1.165) is 25.7 Å². The van der Waals surface area contributed by atoms with E-state index in [2.05, 4.69) is 19.9 Å². The van der Waals surface area contributed by atoms with Crippen LogP contribution in [0.25, 0.3) is 0 Å². The molecule has 1 aliphatic carbocycles. The molecule has 0 amide bonds. The second-order valence-corrected chi connectivity index (χ2v) is 6.35. The third-order valence-electron chi connectivity index (χ3n) is 4.86. The first kappa shape index (κ1) is 12.2. The molecule has 0 aromatic heterocycles. The largest absolute Gasteiger partial charge is 0.459 e. The van der Waals surface area contributed by atoms with Crippen molar-refractivity contribution in [1.29, 1.82) is 0 Å². The Hall–Kier alpha value is -0.830. The molecule has 0 radical (unpaired) electrons. The number of hydrogen-bond acceptors (Lipinski definition) is 3. The molecule has 2 aliphatic heterocycles. The molecule has 100 valence electrons. The van der Waals surface area contributed by atoms with E-state index in [1.165, 1.54) is 5.57 Å². The maximum atomic E-state index is 11.8. The number of rotatable bonds is 0. The van der Waals surface area contributed by atoms with E-state index in [9.17, 15) is 4.79 Å². The normalized spacial score (nSPS) is 47.7. The van der Waals surface area contributed by atoms with Gasteiger partial charge in [-0.15, -0.1) is 0 Å². The van der Waals surface area contributed by atoms with Crippen molar-refractivity contribution in [2.45, 2.75) is 64.3 Å². The van der Waals surface area contributed by atoms with Crippen molar-refractivity contribution in [2.24, 2.45) is 11.8 Å². The number of ether oxygens (including phenoxy) is 2. The molecule has 3 rings (SSSR count). The van der Waals surface area contributed by atoms with Crippen molar-refractivity contribution >= 4 is 5.97 Å². The molecule has 3 heteroatoms. The zero-order chi connectivity index (χ0) is 12.9. The lowest BCUT2D eigenvalue weighted by Crippen LogP contribution is -2.30. The molecule has 3 nitrogen and oxygen atoms in total. The van der Waals surface area contributed by atoms with Crippen LogP contribution < -0.4 is 0 Å². The van der Waals surface area contributed by atoms with Crippen LogP contribution >= 0.6 is 0 Å². The summed E-state index contributed by atoms with van der Waals surface area (Å²) in [4.78, 5) is 11.8. The van der Waals surface area contributed by atoms with Crippen LogP contribution in [0.15, 0.2) is 11.6 Å². The van der Waals surface area contributed by atoms with E-state index in [-0.39, 0.29) is 29.7 Å². The number of allylic oxidation sites excluding steroid dienone is 2. The molecule has 2 fully saturated rings. The first-order valence-electron chi connectivity index (χ1n) is 7.05. The molecular formula is C15H22O3. The first-order valence-corrected chi connectivity index (χ1v) is 7.05. The highest BCUT2D eigenvalue weighted by Crippen LogP contribution is 2.50. The van der Waals surface area contributed by atoms with Crippen LogP contribution in [0.5, 0.6) is 0 Å². The van der Waals surface area contributed by atoms with Crippen molar-refractivity contribution < 1.29 is 14.3 Å². The Labute approximate surface area is 109 Å². The van der Waals surface area contributed by atoms with E-state index in [1.807, 2.05) is 6.92 Å². The molecule has 5 atom stereocenters. The van der Waals surface area contributed by atoms with Gasteiger partial charge >= 0.3 is 5.97 Å². The van der Waals surface area contributed by atoms with Gasteiger partial charge in [-0.05, 0) is 39.5 Å². The maximum absolute atomic E-state index is 11.8. The SMILES string of the molecule is CC1=CCCCC2(C)OC2C2OC(=O)C(C)C2C1. The van der Waals surface area contributed by atoms with Crippen molar-refractivity contribution in [3.05, 3.63) is 11.6 Å². The number of carbonyl (C=O) groups excluding carboxylic acids is 1. The minimum absolute atomic E-state index is 0.00577. The van der Waals surface area contributed by atoms with Gasteiger partial charge in [-0.1, -0.05) is 18.6 Å². The van der Waals surface area contributed by atoms with Crippen LogP contribution in [-0.4, -0.2) is 23.8 Å². The third kappa shape index (κ3) is 1.89. The van der Waals surface area contributed by atoms with E-state index in [0.29, 0.717) is 5.92 Å². The van der Waals surface area contributed by atoms with Gasteiger partial charge in [-0.3, -0.25) is 4.79 Å². The van der Waals surface area contributed by atoms with E-state index >= 15 is 0 Å². The number of carbonyl (C=O) groups is 1. The van der Waals surface area contributed by atoms with Gasteiger partial charge in [0.25, 0.3) is 0 Å². The molecule has 0 spiro atoms. The summed E-state index contributed by atoms with van der Waals surface area (Å²) >= 11 is 0. The molecule has 0 saturated carbocycles. The summed E-state index contributed by atoms with van der Waals surface area (Å²) in [6, 6.07) is 0. The number of epoxide rings is 1. The second-order valence-electron chi connectivity index (χ2n) is 6.35. The predicted octanol–water partition coefficient (Wildman–Crippen LogP) is 2.84. The lowest BCUT2D eigenvalue weighted by atomic mass is 9.81. The predicted molar refractivity (Wildman–Crippen MR) is 68.0 cm³/mol. The molecule has 18 heavy (non-hydrogen) atoms. The number of fused-ring (bicyclic) bond motifs is 3. The summed E-state index contributed by atoms with van der Waals surface area (Å²) in [6.07, 6.45) is 6.73. The highest BCUT2D eigenvalue weighted by Gasteiger charge is 2.62. The summed E-state index contributed by atoms with van der Waals surface area (Å²) in [6.45, 7) is 6.32. The fraction of sp³-hybridized carbons (Fsp3) is 0.800. The maximum Gasteiger partial charge on any atom is 0.309 e. The average Bonchev–Trinajstić information content (AvgIpc) is 2.92. The zero-order valence-electron chi connectivity index (χ0n) is 11.4. The van der Waals surface area contributed by atoms with E-state index in [4.69, 9.17) is 9.47 Å². The van der Waals surface area contributed by atoms with Gasteiger partial charge in [-0.2, -0.15) is 0 Å². The van der Waals surface area contributed by atoms with Crippen LogP contribution in [0.4, 0.5) is 0 Å². The van der Waals surface area contributed by atoms with Gasteiger partial charge in [0, 0.05) is 5.92 Å². The Kier molecular flexibility index (Phi) is 2.77. The van der Waals surface area contributed by atoms with Crippen LogP contribution in [0, 0.1) is 11.8 Å². The van der Waals surface area contributed by atoms with Crippen LogP contribution in [0.1, 0.15) is 46.5 Å². The monoisotopic (exact) mass is 250 g/mol. The van der Waals surface area contributed by atoms with Crippen LogP contribution in [0.3, 0.4) is 0 Å². The van der Waals surface area contributed by atoms with Gasteiger partial charge < -0.3 is 9.47 Å². The average molecular weight is 250 g/mol. The fourth-order valence-corrected chi connectivity index (χ4v) is 3.50. The Morgan fingerprint density at radius 1 is 1.44 bits per heavy atom. The lowest BCUT2D eigenvalue weighted by Gasteiger charge is -2.20. The Morgan fingerprint density at radius 2 is 2.22 bits per heavy atom. The molecule has 2 heterocycles.